The molecule has 0 aliphatic heterocycles. The molecule has 100 valence electrons. The summed E-state index contributed by atoms with van der Waals surface area (Å²) in [6.07, 6.45) is 5.16. The summed E-state index contributed by atoms with van der Waals surface area (Å²) in [7, 11) is 6.25. The summed E-state index contributed by atoms with van der Waals surface area (Å²) in [5.74, 6) is 1.04. The van der Waals surface area contributed by atoms with Crippen LogP contribution in [0, 0.1) is 0 Å². The van der Waals surface area contributed by atoms with Gasteiger partial charge < -0.3 is 15.5 Å². The highest BCUT2D eigenvalue weighted by Crippen LogP contribution is 2.38. The van der Waals surface area contributed by atoms with Gasteiger partial charge in [0.05, 0.1) is 0 Å². The van der Waals surface area contributed by atoms with E-state index in [0.717, 1.165) is 6.54 Å². The third kappa shape index (κ3) is 2.24. The molecule has 1 fully saturated rings. The van der Waals surface area contributed by atoms with Gasteiger partial charge in [-0.05, 0) is 33.4 Å². The Morgan fingerprint density at radius 3 is 2.50 bits per heavy atom. The molecule has 0 amide bonds. The predicted molar refractivity (Wildman–Crippen MR) is 75.0 cm³/mol. The van der Waals surface area contributed by atoms with Crippen molar-refractivity contribution in [3.05, 3.63) is 11.3 Å². The molecule has 5 nitrogen and oxygen atoms in total. The Morgan fingerprint density at radius 2 is 2.00 bits per heavy atom. The lowest BCUT2D eigenvalue weighted by atomic mass is 9.75. The number of aromatic nitrogens is 2. The lowest BCUT2D eigenvalue weighted by Gasteiger charge is -2.49. The third-order valence-corrected chi connectivity index (χ3v) is 4.29. The van der Waals surface area contributed by atoms with Crippen LogP contribution >= 0.6 is 11.6 Å². The predicted octanol–water partition coefficient (Wildman–Crippen LogP) is 1.63. The Bertz CT molecular complexity index is 430. The largest absolute Gasteiger partial charge is 0.382 e. The van der Waals surface area contributed by atoms with Crippen LogP contribution < -0.4 is 10.6 Å². The van der Waals surface area contributed by atoms with E-state index in [1.54, 1.807) is 0 Å². The van der Waals surface area contributed by atoms with Gasteiger partial charge in [-0.15, -0.1) is 0 Å². The van der Waals surface area contributed by atoms with Crippen molar-refractivity contribution in [2.45, 2.75) is 24.8 Å². The van der Waals surface area contributed by atoms with E-state index in [4.69, 9.17) is 17.3 Å². The third-order valence-electron chi connectivity index (χ3n) is 3.92. The zero-order chi connectivity index (χ0) is 13.3. The van der Waals surface area contributed by atoms with Crippen molar-refractivity contribution in [1.82, 2.24) is 14.9 Å². The fourth-order valence-electron chi connectivity index (χ4n) is 2.49. The molecule has 1 aliphatic carbocycles. The summed E-state index contributed by atoms with van der Waals surface area (Å²) in [5.41, 5.74) is 5.94. The average molecular weight is 270 g/mol. The van der Waals surface area contributed by atoms with E-state index >= 15 is 0 Å². The normalized spacial score (nSPS) is 17.6. The number of anilines is 2. The van der Waals surface area contributed by atoms with Gasteiger partial charge in [0.15, 0.2) is 5.82 Å². The molecule has 0 saturated heterocycles. The number of nitrogens with zero attached hydrogens (tertiary/aromatic N) is 4. The molecule has 0 unspecified atom stereocenters. The van der Waals surface area contributed by atoms with E-state index in [0.29, 0.717) is 16.7 Å². The van der Waals surface area contributed by atoms with Gasteiger partial charge >= 0.3 is 0 Å². The van der Waals surface area contributed by atoms with E-state index in [-0.39, 0.29) is 5.54 Å². The first-order valence-electron chi connectivity index (χ1n) is 6.11. The molecule has 2 rings (SSSR count). The molecule has 0 atom stereocenters. The zero-order valence-electron chi connectivity index (χ0n) is 11.1. The summed E-state index contributed by atoms with van der Waals surface area (Å²) in [6.45, 7) is 0.899. The van der Waals surface area contributed by atoms with E-state index in [9.17, 15) is 0 Å². The van der Waals surface area contributed by atoms with E-state index in [1.165, 1.54) is 25.6 Å². The van der Waals surface area contributed by atoms with Crippen molar-refractivity contribution < 1.29 is 0 Å². The molecule has 1 heterocycles. The van der Waals surface area contributed by atoms with Gasteiger partial charge in [-0.2, -0.15) is 0 Å². The summed E-state index contributed by atoms with van der Waals surface area (Å²) in [4.78, 5) is 12.5. The molecule has 2 N–H and O–H groups in total. The minimum atomic E-state index is 0.234. The fraction of sp³-hybridized carbons (Fsp3) is 0.667. The van der Waals surface area contributed by atoms with Crippen molar-refractivity contribution in [2.24, 2.45) is 0 Å². The summed E-state index contributed by atoms with van der Waals surface area (Å²) < 4.78 is 0. The number of hydrogen-bond donors (Lipinski definition) is 1. The average Bonchev–Trinajstić information content (AvgIpc) is 2.26. The molecular weight excluding hydrogens is 250 g/mol. The Hall–Kier alpha value is -1.07. The van der Waals surface area contributed by atoms with Crippen LogP contribution in [0.1, 0.15) is 19.3 Å². The minimum Gasteiger partial charge on any atom is -0.382 e. The van der Waals surface area contributed by atoms with Gasteiger partial charge in [-0.1, -0.05) is 11.6 Å². The highest BCUT2D eigenvalue weighted by molar-refractivity contribution is 6.35. The molecule has 0 radical (unpaired) electrons. The van der Waals surface area contributed by atoms with Crippen LogP contribution in [0.15, 0.2) is 6.33 Å². The second-order valence-corrected chi connectivity index (χ2v) is 5.60. The number of hydrogen-bond acceptors (Lipinski definition) is 5. The van der Waals surface area contributed by atoms with Gasteiger partial charge in [0.25, 0.3) is 0 Å². The smallest absolute Gasteiger partial charge is 0.152 e. The maximum absolute atomic E-state index is 6.15. The lowest BCUT2D eigenvalue weighted by molar-refractivity contribution is 0.0682. The number of rotatable bonds is 4. The molecule has 0 spiro atoms. The van der Waals surface area contributed by atoms with Gasteiger partial charge in [-0.3, -0.25) is 0 Å². The molecule has 6 heteroatoms. The topological polar surface area (TPSA) is 58.3 Å². The number of likely N-dealkylation sites (N-methyl/N-ethyl adjacent to an activating group) is 2. The maximum atomic E-state index is 6.15. The second-order valence-electron chi connectivity index (χ2n) is 5.22. The number of nitrogen functional groups attached to an aromatic ring is 1. The van der Waals surface area contributed by atoms with Crippen LogP contribution in [0.2, 0.25) is 5.02 Å². The quantitative estimate of drug-likeness (QED) is 0.900. The molecule has 1 aromatic heterocycles. The van der Waals surface area contributed by atoms with Crippen LogP contribution in [0.3, 0.4) is 0 Å². The van der Waals surface area contributed by atoms with Crippen LogP contribution in [0.25, 0.3) is 0 Å². The van der Waals surface area contributed by atoms with E-state index < -0.39 is 0 Å². The Labute approximate surface area is 113 Å². The van der Waals surface area contributed by atoms with Gasteiger partial charge in [0.1, 0.15) is 17.2 Å². The highest BCUT2D eigenvalue weighted by Gasteiger charge is 2.40. The molecule has 0 aromatic carbocycles. The molecule has 1 aliphatic rings. The molecular formula is C12H20ClN5. The van der Waals surface area contributed by atoms with Crippen LogP contribution in [0.5, 0.6) is 0 Å². The molecule has 18 heavy (non-hydrogen) atoms. The van der Waals surface area contributed by atoms with Crippen molar-refractivity contribution in [3.63, 3.8) is 0 Å². The van der Waals surface area contributed by atoms with E-state index in [1.807, 2.05) is 7.05 Å². The first-order chi connectivity index (χ1) is 8.46. The van der Waals surface area contributed by atoms with Crippen molar-refractivity contribution >= 4 is 23.2 Å². The summed E-state index contributed by atoms with van der Waals surface area (Å²) in [5, 5.41) is 0.438. The fourth-order valence-corrected chi connectivity index (χ4v) is 2.73. The minimum absolute atomic E-state index is 0.234. The zero-order valence-corrected chi connectivity index (χ0v) is 11.9. The SMILES string of the molecule is CN(CC1(N(C)C)CCC1)c1ncnc(N)c1Cl. The lowest BCUT2D eigenvalue weighted by Crippen LogP contribution is -2.56. The Kier molecular flexibility index (Phi) is 3.64. The van der Waals surface area contributed by atoms with E-state index in [2.05, 4.69) is 33.9 Å². The molecule has 0 bridgehead atoms. The van der Waals surface area contributed by atoms with Gasteiger partial charge in [0, 0.05) is 19.1 Å². The second kappa shape index (κ2) is 4.90. The van der Waals surface area contributed by atoms with Crippen LogP contribution in [-0.2, 0) is 0 Å². The number of halogens is 1. The first kappa shape index (κ1) is 13.4. The van der Waals surface area contributed by atoms with Crippen LogP contribution in [0.4, 0.5) is 11.6 Å². The summed E-state index contributed by atoms with van der Waals surface area (Å²) in [6, 6.07) is 0. The Morgan fingerprint density at radius 1 is 1.33 bits per heavy atom. The van der Waals surface area contributed by atoms with Crippen molar-refractivity contribution in [3.8, 4) is 0 Å². The summed E-state index contributed by atoms with van der Waals surface area (Å²) >= 11 is 6.15. The maximum Gasteiger partial charge on any atom is 0.152 e. The van der Waals surface area contributed by atoms with Gasteiger partial charge in [0.2, 0.25) is 0 Å². The number of nitrogens with two attached hydrogens (primary N) is 1. The standard InChI is InChI=1S/C12H20ClN5/c1-17(2)12(5-4-6-12)7-18(3)11-9(13)10(14)15-8-16-11/h8H,4-7H2,1-3H3,(H2,14,15,16). The Balaban J connectivity index is 2.17. The van der Waals surface area contributed by atoms with Crippen molar-refractivity contribution in [2.75, 3.05) is 38.3 Å². The van der Waals surface area contributed by atoms with Crippen molar-refractivity contribution in [1.29, 1.82) is 0 Å². The monoisotopic (exact) mass is 269 g/mol. The molecule has 1 aromatic rings. The van der Waals surface area contributed by atoms with Gasteiger partial charge in [-0.25, -0.2) is 9.97 Å². The van der Waals surface area contributed by atoms with Crippen LogP contribution in [-0.4, -0.2) is 48.1 Å². The highest BCUT2D eigenvalue weighted by atomic mass is 35.5. The first-order valence-corrected chi connectivity index (χ1v) is 6.48. The molecule has 1 saturated carbocycles.